The maximum Gasteiger partial charge on any atom is 0.321 e. The van der Waals surface area contributed by atoms with Crippen molar-refractivity contribution in [2.45, 2.75) is 25.7 Å². The van der Waals surface area contributed by atoms with Crippen molar-refractivity contribution in [2.24, 2.45) is 0 Å². The van der Waals surface area contributed by atoms with Gasteiger partial charge < -0.3 is 25.4 Å². The molecule has 2 aliphatic rings. The van der Waals surface area contributed by atoms with Crippen LogP contribution in [-0.2, 0) is 0 Å². The number of hydrogen-bond acceptors (Lipinski definition) is 4. The summed E-state index contributed by atoms with van der Waals surface area (Å²) in [5, 5.41) is 2.88. The number of nitrogens with zero attached hydrogens (tertiary/aromatic N) is 1. The zero-order valence-electron chi connectivity index (χ0n) is 12.1. The summed E-state index contributed by atoms with van der Waals surface area (Å²) in [5.74, 6) is 1.27. The number of likely N-dealkylation sites (tertiary alicyclic amines) is 1. The summed E-state index contributed by atoms with van der Waals surface area (Å²) in [7, 11) is 0. The number of fused-ring (bicyclic) bond motifs is 1. The van der Waals surface area contributed by atoms with Crippen molar-refractivity contribution < 1.29 is 14.3 Å². The molecule has 0 aromatic heterocycles. The lowest BCUT2D eigenvalue weighted by Crippen LogP contribution is -2.38. The molecule has 1 fully saturated rings. The van der Waals surface area contributed by atoms with Crippen LogP contribution in [0, 0.1) is 0 Å². The molecule has 6 heteroatoms. The molecule has 114 valence electrons. The van der Waals surface area contributed by atoms with Gasteiger partial charge in [-0.15, -0.1) is 0 Å². The highest BCUT2D eigenvalue weighted by Gasteiger charge is 2.19. The van der Waals surface area contributed by atoms with Gasteiger partial charge in [-0.2, -0.15) is 0 Å². The van der Waals surface area contributed by atoms with E-state index in [0.29, 0.717) is 36.1 Å². The maximum atomic E-state index is 12.2. The van der Waals surface area contributed by atoms with Gasteiger partial charge in [0.1, 0.15) is 0 Å². The molecule has 0 radical (unpaired) electrons. The summed E-state index contributed by atoms with van der Waals surface area (Å²) in [5.41, 5.74) is 7.07. The maximum absolute atomic E-state index is 12.2. The highest BCUT2D eigenvalue weighted by molar-refractivity contribution is 5.93. The average Bonchev–Trinajstić information content (AvgIpc) is 2.73. The minimum atomic E-state index is -0.101. The predicted octanol–water partition coefficient (Wildman–Crippen LogP) is 2.45. The van der Waals surface area contributed by atoms with Crippen LogP contribution in [0.5, 0.6) is 11.5 Å². The highest BCUT2D eigenvalue weighted by Crippen LogP contribution is 2.36. The average molecular weight is 291 g/mol. The summed E-state index contributed by atoms with van der Waals surface area (Å²) in [6, 6.07) is 3.36. The Labute approximate surface area is 124 Å². The molecular weight excluding hydrogens is 270 g/mol. The number of ether oxygens (including phenoxy) is 2. The van der Waals surface area contributed by atoms with E-state index in [4.69, 9.17) is 15.2 Å². The Kier molecular flexibility index (Phi) is 4.03. The normalized spacial score (nSPS) is 18.0. The van der Waals surface area contributed by atoms with Gasteiger partial charge >= 0.3 is 6.03 Å². The number of nitrogens with one attached hydrogen (secondary N) is 1. The van der Waals surface area contributed by atoms with Crippen LogP contribution in [0.4, 0.5) is 16.2 Å². The van der Waals surface area contributed by atoms with Crippen molar-refractivity contribution in [3.8, 4) is 11.5 Å². The lowest BCUT2D eigenvalue weighted by molar-refractivity contribution is 0.200. The number of nitrogen functional groups attached to an aromatic ring is 1. The van der Waals surface area contributed by atoms with Gasteiger partial charge in [-0.1, -0.05) is 0 Å². The number of carbonyl (C=O) groups is 1. The number of benzene rings is 1. The number of piperidine rings is 1. The van der Waals surface area contributed by atoms with Crippen molar-refractivity contribution in [3.63, 3.8) is 0 Å². The second-order valence-electron chi connectivity index (χ2n) is 5.41. The fourth-order valence-corrected chi connectivity index (χ4v) is 2.62. The molecule has 3 N–H and O–H groups in total. The van der Waals surface area contributed by atoms with Crippen molar-refractivity contribution >= 4 is 17.4 Å². The van der Waals surface area contributed by atoms with Crippen LogP contribution in [0.15, 0.2) is 12.1 Å². The molecule has 0 bridgehead atoms. The van der Waals surface area contributed by atoms with E-state index in [2.05, 4.69) is 5.32 Å². The summed E-state index contributed by atoms with van der Waals surface area (Å²) in [4.78, 5) is 14.1. The summed E-state index contributed by atoms with van der Waals surface area (Å²) >= 11 is 0. The first-order chi connectivity index (χ1) is 10.2. The van der Waals surface area contributed by atoms with E-state index < -0.39 is 0 Å². The lowest BCUT2D eigenvalue weighted by Gasteiger charge is -2.27. The SMILES string of the molecule is Nc1cc2c(cc1NC(=O)N1CCCCC1)OCCCO2. The Hall–Kier alpha value is -2.11. The van der Waals surface area contributed by atoms with Gasteiger partial charge in [0.2, 0.25) is 0 Å². The Morgan fingerprint density at radius 2 is 1.71 bits per heavy atom. The summed E-state index contributed by atoms with van der Waals surface area (Å²) in [6.45, 7) is 2.83. The summed E-state index contributed by atoms with van der Waals surface area (Å²) in [6.07, 6.45) is 4.15. The number of hydrogen-bond donors (Lipinski definition) is 2. The second-order valence-corrected chi connectivity index (χ2v) is 5.41. The molecule has 6 nitrogen and oxygen atoms in total. The van der Waals surface area contributed by atoms with Crippen LogP contribution in [0.2, 0.25) is 0 Å². The third-order valence-corrected chi connectivity index (χ3v) is 3.80. The zero-order valence-corrected chi connectivity index (χ0v) is 12.1. The third-order valence-electron chi connectivity index (χ3n) is 3.80. The van der Waals surface area contributed by atoms with E-state index in [9.17, 15) is 4.79 Å². The fraction of sp³-hybridized carbons (Fsp3) is 0.533. The first-order valence-electron chi connectivity index (χ1n) is 7.49. The molecule has 0 saturated carbocycles. The number of nitrogens with two attached hydrogens (primary N) is 1. The largest absolute Gasteiger partial charge is 0.489 e. The number of amides is 2. The molecule has 2 amide bonds. The topological polar surface area (TPSA) is 76.8 Å². The van der Waals surface area contributed by atoms with E-state index in [1.165, 1.54) is 6.42 Å². The molecule has 0 aliphatic carbocycles. The molecule has 1 saturated heterocycles. The van der Waals surface area contributed by atoms with E-state index in [1.807, 2.05) is 4.90 Å². The van der Waals surface area contributed by atoms with Crippen molar-refractivity contribution in [1.29, 1.82) is 0 Å². The Morgan fingerprint density at radius 1 is 1.05 bits per heavy atom. The number of rotatable bonds is 1. The van der Waals surface area contributed by atoms with Gasteiger partial charge in [-0.3, -0.25) is 0 Å². The molecule has 1 aromatic carbocycles. The standard InChI is InChI=1S/C15H21N3O3/c16-11-9-13-14(21-8-4-7-20-13)10-12(11)17-15(19)18-5-2-1-3-6-18/h9-10H,1-8,16H2,(H,17,19). The molecule has 2 aliphatic heterocycles. The number of anilines is 2. The Balaban J connectivity index is 1.75. The molecule has 3 rings (SSSR count). The van der Waals surface area contributed by atoms with Crippen LogP contribution >= 0.6 is 0 Å². The molecule has 2 heterocycles. The highest BCUT2D eigenvalue weighted by atomic mass is 16.5. The zero-order chi connectivity index (χ0) is 14.7. The predicted molar refractivity (Wildman–Crippen MR) is 80.9 cm³/mol. The van der Waals surface area contributed by atoms with E-state index in [0.717, 1.165) is 32.4 Å². The van der Waals surface area contributed by atoms with Crippen molar-refractivity contribution in [2.75, 3.05) is 37.4 Å². The minimum Gasteiger partial charge on any atom is -0.489 e. The van der Waals surface area contributed by atoms with Crippen LogP contribution < -0.4 is 20.5 Å². The van der Waals surface area contributed by atoms with Gasteiger partial charge in [-0.25, -0.2) is 4.79 Å². The van der Waals surface area contributed by atoms with E-state index in [1.54, 1.807) is 12.1 Å². The van der Waals surface area contributed by atoms with Crippen LogP contribution in [0.3, 0.4) is 0 Å². The number of urea groups is 1. The first-order valence-corrected chi connectivity index (χ1v) is 7.49. The molecular formula is C15H21N3O3. The fourth-order valence-electron chi connectivity index (χ4n) is 2.62. The molecule has 0 unspecified atom stereocenters. The Bertz CT molecular complexity index is 527. The number of carbonyl (C=O) groups excluding carboxylic acids is 1. The molecule has 0 atom stereocenters. The van der Waals surface area contributed by atoms with Gasteiger partial charge in [0, 0.05) is 31.6 Å². The van der Waals surface area contributed by atoms with E-state index >= 15 is 0 Å². The van der Waals surface area contributed by atoms with Gasteiger partial charge in [0.25, 0.3) is 0 Å². The van der Waals surface area contributed by atoms with E-state index in [-0.39, 0.29) is 6.03 Å². The minimum absolute atomic E-state index is 0.101. The van der Waals surface area contributed by atoms with Crippen LogP contribution in [0.1, 0.15) is 25.7 Å². The lowest BCUT2D eigenvalue weighted by atomic mass is 10.1. The quantitative estimate of drug-likeness (QED) is 0.779. The van der Waals surface area contributed by atoms with Crippen molar-refractivity contribution in [1.82, 2.24) is 4.90 Å². The monoisotopic (exact) mass is 291 g/mol. The van der Waals surface area contributed by atoms with Crippen molar-refractivity contribution in [3.05, 3.63) is 12.1 Å². The molecule has 21 heavy (non-hydrogen) atoms. The van der Waals surface area contributed by atoms with Crippen LogP contribution in [0.25, 0.3) is 0 Å². The van der Waals surface area contributed by atoms with Crippen LogP contribution in [-0.4, -0.2) is 37.2 Å². The van der Waals surface area contributed by atoms with Gasteiger partial charge in [0.05, 0.1) is 24.6 Å². The smallest absolute Gasteiger partial charge is 0.321 e. The molecule has 0 spiro atoms. The first kappa shape index (κ1) is 13.9. The Morgan fingerprint density at radius 3 is 2.43 bits per heavy atom. The van der Waals surface area contributed by atoms with Gasteiger partial charge in [0.15, 0.2) is 11.5 Å². The molecule has 1 aromatic rings. The second kappa shape index (κ2) is 6.11. The third kappa shape index (κ3) is 3.15. The summed E-state index contributed by atoms with van der Waals surface area (Å²) < 4.78 is 11.2. The van der Waals surface area contributed by atoms with Gasteiger partial charge in [-0.05, 0) is 19.3 Å².